The van der Waals surface area contributed by atoms with Crippen LogP contribution < -0.4 is 10.5 Å². The van der Waals surface area contributed by atoms with Crippen LogP contribution in [0.3, 0.4) is 0 Å². The first-order chi connectivity index (χ1) is 9.11. The van der Waals surface area contributed by atoms with E-state index in [0.29, 0.717) is 5.75 Å². The second kappa shape index (κ2) is 5.89. The highest BCUT2D eigenvalue weighted by Gasteiger charge is 2.09. The van der Waals surface area contributed by atoms with Crippen molar-refractivity contribution in [3.63, 3.8) is 0 Å². The summed E-state index contributed by atoms with van der Waals surface area (Å²) in [4.78, 5) is 0.789. The van der Waals surface area contributed by atoms with E-state index >= 15 is 0 Å². The molecule has 0 heterocycles. The van der Waals surface area contributed by atoms with Gasteiger partial charge in [0.25, 0.3) is 0 Å². The maximum Gasteiger partial charge on any atom is 0.122 e. The zero-order valence-corrected chi connectivity index (χ0v) is 11.9. The molecule has 2 aromatic carbocycles. The first-order valence-corrected chi connectivity index (χ1v) is 7.30. The number of aryl methyl sites for hydroxylation is 1. The first kappa shape index (κ1) is 13.6. The molecule has 0 spiro atoms. The van der Waals surface area contributed by atoms with Gasteiger partial charge in [0, 0.05) is 16.1 Å². The van der Waals surface area contributed by atoms with E-state index in [1.807, 2.05) is 43.3 Å². The molecule has 0 fully saturated rings. The maximum absolute atomic E-state index is 12.4. The molecule has 1 unspecified atom stereocenters. The molecule has 19 heavy (non-hydrogen) atoms. The van der Waals surface area contributed by atoms with Crippen molar-refractivity contribution in [3.8, 4) is 5.75 Å². The van der Waals surface area contributed by atoms with Gasteiger partial charge >= 0.3 is 0 Å². The third-order valence-electron chi connectivity index (χ3n) is 2.98. The van der Waals surface area contributed by atoms with Crippen molar-refractivity contribution in [2.75, 3.05) is 12.8 Å². The van der Waals surface area contributed by atoms with Gasteiger partial charge in [0.1, 0.15) is 5.75 Å². The van der Waals surface area contributed by atoms with E-state index in [2.05, 4.69) is 0 Å². The Labute approximate surface area is 115 Å². The monoisotopic (exact) mass is 275 g/mol. The van der Waals surface area contributed by atoms with Crippen LogP contribution in [0.15, 0.2) is 47.4 Å². The van der Waals surface area contributed by atoms with Crippen molar-refractivity contribution in [2.45, 2.75) is 17.6 Å². The van der Waals surface area contributed by atoms with Crippen LogP contribution >= 0.6 is 0 Å². The van der Waals surface area contributed by atoms with Gasteiger partial charge in [-0.25, -0.2) is 0 Å². The molecule has 2 aromatic rings. The lowest BCUT2D eigenvalue weighted by atomic mass is 10.2. The summed E-state index contributed by atoms with van der Waals surface area (Å²) in [6, 6.07) is 13.1. The fraction of sp³-hybridized carbons (Fsp3) is 0.200. The predicted molar refractivity (Wildman–Crippen MR) is 78.7 cm³/mol. The summed E-state index contributed by atoms with van der Waals surface area (Å²) in [5, 5.41) is 0. The summed E-state index contributed by atoms with van der Waals surface area (Å²) in [6.07, 6.45) is 0. The van der Waals surface area contributed by atoms with Crippen LogP contribution in [0.1, 0.15) is 11.1 Å². The molecule has 0 aromatic heterocycles. The van der Waals surface area contributed by atoms with Gasteiger partial charge in [0.2, 0.25) is 0 Å². The van der Waals surface area contributed by atoms with E-state index < -0.39 is 10.8 Å². The average Bonchev–Trinajstić information content (AvgIpc) is 2.42. The van der Waals surface area contributed by atoms with Crippen molar-refractivity contribution in [1.29, 1.82) is 0 Å². The number of hydrogen-bond acceptors (Lipinski definition) is 3. The lowest BCUT2D eigenvalue weighted by Crippen LogP contribution is -2.00. The lowest BCUT2D eigenvalue weighted by Gasteiger charge is -2.09. The van der Waals surface area contributed by atoms with Crippen molar-refractivity contribution in [2.24, 2.45) is 0 Å². The minimum atomic E-state index is -1.10. The molecule has 100 valence electrons. The van der Waals surface area contributed by atoms with Gasteiger partial charge in [0.05, 0.1) is 23.7 Å². The number of para-hydroxylation sites is 1. The normalized spacial score (nSPS) is 12.1. The molecule has 3 nitrogen and oxygen atoms in total. The van der Waals surface area contributed by atoms with E-state index in [-0.39, 0.29) is 0 Å². The molecular formula is C15H17NO2S. The molecule has 0 aliphatic heterocycles. The smallest absolute Gasteiger partial charge is 0.122 e. The van der Waals surface area contributed by atoms with Gasteiger partial charge in [-0.15, -0.1) is 0 Å². The number of hydrogen-bond donors (Lipinski definition) is 1. The second-order valence-electron chi connectivity index (χ2n) is 4.32. The number of benzene rings is 2. The molecule has 0 amide bonds. The van der Waals surface area contributed by atoms with E-state index in [1.165, 1.54) is 0 Å². The number of anilines is 1. The Morgan fingerprint density at radius 3 is 2.63 bits per heavy atom. The molecule has 0 saturated carbocycles. The summed E-state index contributed by atoms with van der Waals surface area (Å²) >= 11 is 0. The average molecular weight is 275 g/mol. The highest BCUT2D eigenvalue weighted by Crippen LogP contribution is 2.23. The number of nitrogens with two attached hydrogens (primary N) is 1. The Balaban J connectivity index is 2.23. The SMILES string of the molecule is COc1ccccc1CS(=O)c1ccc(N)c(C)c1. The fourth-order valence-electron chi connectivity index (χ4n) is 1.84. The quantitative estimate of drug-likeness (QED) is 0.873. The van der Waals surface area contributed by atoms with Crippen molar-refractivity contribution < 1.29 is 8.95 Å². The summed E-state index contributed by atoms with van der Waals surface area (Å²) in [5.41, 5.74) is 8.38. The molecule has 0 bridgehead atoms. The highest BCUT2D eigenvalue weighted by atomic mass is 32.2. The maximum atomic E-state index is 12.4. The Morgan fingerprint density at radius 1 is 1.21 bits per heavy atom. The Hall–Kier alpha value is -1.81. The van der Waals surface area contributed by atoms with E-state index in [1.54, 1.807) is 13.2 Å². The Bertz CT molecular complexity index is 611. The van der Waals surface area contributed by atoms with Gasteiger partial charge in [-0.3, -0.25) is 4.21 Å². The van der Waals surface area contributed by atoms with Gasteiger partial charge in [-0.2, -0.15) is 0 Å². The Morgan fingerprint density at radius 2 is 1.95 bits per heavy atom. The Kier molecular flexibility index (Phi) is 4.22. The number of nitrogen functional groups attached to an aromatic ring is 1. The summed E-state index contributed by atoms with van der Waals surface area (Å²) in [7, 11) is 0.520. The topological polar surface area (TPSA) is 52.3 Å². The minimum Gasteiger partial charge on any atom is -0.496 e. The second-order valence-corrected chi connectivity index (χ2v) is 5.77. The van der Waals surface area contributed by atoms with Gasteiger partial charge in [-0.05, 0) is 36.8 Å². The van der Waals surface area contributed by atoms with Crippen LogP contribution in [0.4, 0.5) is 5.69 Å². The minimum absolute atomic E-state index is 0.438. The molecule has 0 radical (unpaired) electrons. The molecule has 1 atom stereocenters. The number of ether oxygens (including phenoxy) is 1. The fourth-order valence-corrected chi connectivity index (χ4v) is 3.05. The molecule has 0 saturated heterocycles. The zero-order valence-electron chi connectivity index (χ0n) is 11.1. The van der Waals surface area contributed by atoms with Crippen LogP contribution in [0.2, 0.25) is 0 Å². The van der Waals surface area contributed by atoms with Crippen molar-refractivity contribution in [1.82, 2.24) is 0 Å². The first-order valence-electron chi connectivity index (χ1n) is 5.98. The molecule has 2 N–H and O–H groups in total. The third kappa shape index (κ3) is 3.15. The standard InChI is InChI=1S/C15H17NO2S/c1-11-9-13(7-8-14(11)16)19(17)10-12-5-3-4-6-15(12)18-2/h3-9H,10,16H2,1-2H3. The summed E-state index contributed by atoms with van der Waals surface area (Å²) in [5.74, 6) is 1.20. The third-order valence-corrected chi connectivity index (χ3v) is 4.34. The number of rotatable bonds is 4. The number of methoxy groups -OCH3 is 1. The van der Waals surface area contributed by atoms with E-state index in [4.69, 9.17) is 10.5 Å². The van der Waals surface area contributed by atoms with Crippen LogP contribution in [-0.4, -0.2) is 11.3 Å². The van der Waals surface area contributed by atoms with Crippen molar-refractivity contribution in [3.05, 3.63) is 53.6 Å². The lowest BCUT2D eigenvalue weighted by molar-refractivity contribution is 0.411. The van der Waals surface area contributed by atoms with Crippen LogP contribution in [0, 0.1) is 6.92 Å². The molecule has 0 aliphatic carbocycles. The van der Waals surface area contributed by atoms with Gasteiger partial charge < -0.3 is 10.5 Å². The van der Waals surface area contributed by atoms with Crippen molar-refractivity contribution >= 4 is 16.5 Å². The summed E-state index contributed by atoms with van der Waals surface area (Å²) in [6.45, 7) is 1.92. The van der Waals surface area contributed by atoms with Crippen LogP contribution in [0.5, 0.6) is 5.75 Å². The van der Waals surface area contributed by atoms with E-state index in [0.717, 1.165) is 27.5 Å². The summed E-state index contributed by atoms with van der Waals surface area (Å²) < 4.78 is 17.6. The van der Waals surface area contributed by atoms with E-state index in [9.17, 15) is 4.21 Å². The molecule has 2 rings (SSSR count). The van der Waals surface area contributed by atoms with Crippen LogP contribution in [0.25, 0.3) is 0 Å². The zero-order chi connectivity index (χ0) is 13.8. The largest absolute Gasteiger partial charge is 0.496 e. The highest BCUT2D eigenvalue weighted by molar-refractivity contribution is 7.84. The van der Waals surface area contributed by atoms with Gasteiger partial charge in [0.15, 0.2) is 0 Å². The predicted octanol–water partition coefficient (Wildman–Crippen LogP) is 2.89. The van der Waals surface area contributed by atoms with Gasteiger partial charge in [-0.1, -0.05) is 18.2 Å². The van der Waals surface area contributed by atoms with Crippen LogP contribution in [-0.2, 0) is 16.6 Å². The molecule has 4 heteroatoms. The molecule has 0 aliphatic rings. The molecular weight excluding hydrogens is 258 g/mol.